The average Bonchev–Trinajstić information content (AvgIpc) is 2.84. The third kappa shape index (κ3) is 1.56. The summed E-state index contributed by atoms with van der Waals surface area (Å²) >= 11 is 0. The first-order valence-corrected chi connectivity index (χ1v) is 6.83. The molecule has 1 saturated heterocycles. The predicted octanol–water partition coefficient (Wildman–Crippen LogP) is 1.37. The van der Waals surface area contributed by atoms with E-state index in [1.165, 1.54) is 25.7 Å². The van der Waals surface area contributed by atoms with Gasteiger partial charge in [-0.2, -0.15) is 0 Å². The zero-order valence-electron chi connectivity index (χ0n) is 9.90. The Hall–Kier alpha value is -0.570. The van der Waals surface area contributed by atoms with Crippen molar-refractivity contribution in [1.82, 2.24) is 4.90 Å². The van der Waals surface area contributed by atoms with Crippen LogP contribution in [0, 0.1) is 17.8 Å². The molecule has 0 aromatic heterocycles. The molecule has 0 aromatic carbocycles. The maximum atomic E-state index is 12.4. The van der Waals surface area contributed by atoms with E-state index in [0.29, 0.717) is 24.4 Å². The molecule has 3 rings (SSSR count). The third-order valence-corrected chi connectivity index (χ3v) is 4.87. The van der Waals surface area contributed by atoms with E-state index >= 15 is 0 Å². The maximum Gasteiger partial charge on any atom is 0.226 e. The Morgan fingerprint density at radius 2 is 1.81 bits per heavy atom. The topological polar surface area (TPSA) is 46.3 Å². The summed E-state index contributed by atoms with van der Waals surface area (Å²) in [6.07, 6.45) is 7.53. The Morgan fingerprint density at radius 3 is 2.44 bits per heavy atom. The highest BCUT2D eigenvalue weighted by atomic mass is 16.2. The number of carbonyl (C=O) groups is 1. The molecule has 2 N–H and O–H groups in total. The summed E-state index contributed by atoms with van der Waals surface area (Å²) in [7, 11) is 0. The molecule has 1 aliphatic heterocycles. The second-order valence-corrected chi connectivity index (χ2v) is 5.70. The van der Waals surface area contributed by atoms with Crippen molar-refractivity contribution in [3.8, 4) is 0 Å². The number of likely N-dealkylation sites (tertiary alicyclic amines) is 1. The van der Waals surface area contributed by atoms with Crippen LogP contribution in [0.25, 0.3) is 0 Å². The van der Waals surface area contributed by atoms with Crippen molar-refractivity contribution in [2.24, 2.45) is 23.5 Å². The van der Waals surface area contributed by atoms with Crippen molar-refractivity contribution in [2.75, 3.05) is 13.1 Å². The number of hydrogen-bond donors (Lipinski definition) is 1. The molecule has 2 aliphatic carbocycles. The van der Waals surface area contributed by atoms with Gasteiger partial charge in [0.2, 0.25) is 5.91 Å². The number of fused-ring (bicyclic) bond motifs is 1. The van der Waals surface area contributed by atoms with E-state index in [1.54, 1.807) is 0 Å². The second kappa shape index (κ2) is 4.02. The van der Waals surface area contributed by atoms with Gasteiger partial charge in [0.05, 0.1) is 0 Å². The van der Waals surface area contributed by atoms with Crippen LogP contribution in [0.2, 0.25) is 0 Å². The molecule has 3 fully saturated rings. The lowest BCUT2D eigenvalue weighted by Crippen LogP contribution is -2.41. The molecular formula is C13H22N2O. The molecule has 3 heteroatoms. The van der Waals surface area contributed by atoms with Gasteiger partial charge < -0.3 is 10.6 Å². The average molecular weight is 222 g/mol. The lowest BCUT2D eigenvalue weighted by molar-refractivity contribution is -0.133. The number of nitrogens with two attached hydrogens (primary N) is 1. The zero-order valence-corrected chi connectivity index (χ0v) is 9.90. The van der Waals surface area contributed by atoms with Gasteiger partial charge in [-0.1, -0.05) is 12.8 Å². The Labute approximate surface area is 97.4 Å². The zero-order chi connectivity index (χ0) is 11.1. The van der Waals surface area contributed by atoms with E-state index in [4.69, 9.17) is 5.73 Å². The van der Waals surface area contributed by atoms with Crippen LogP contribution in [-0.2, 0) is 4.79 Å². The minimum Gasteiger partial charge on any atom is -0.338 e. The second-order valence-electron chi connectivity index (χ2n) is 5.70. The summed E-state index contributed by atoms with van der Waals surface area (Å²) in [6, 6.07) is 0.343. The molecule has 0 aromatic rings. The molecule has 16 heavy (non-hydrogen) atoms. The van der Waals surface area contributed by atoms with Gasteiger partial charge in [0.25, 0.3) is 0 Å². The highest BCUT2D eigenvalue weighted by Gasteiger charge is 2.56. The van der Waals surface area contributed by atoms with Gasteiger partial charge in [-0.05, 0) is 37.5 Å². The van der Waals surface area contributed by atoms with E-state index in [-0.39, 0.29) is 0 Å². The predicted molar refractivity (Wildman–Crippen MR) is 62.7 cm³/mol. The van der Waals surface area contributed by atoms with Gasteiger partial charge in [0.15, 0.2) is 0 Å². The highest BCUT2D eigenvalue weighted by molar-refractivity contribution is 5.83. The van der Waals surface area contributed by atoms with E-state index in [1.807, 2.05) is 0 Å². The van der Waals surface area contributed by atoms with Crippen LogP contribution in [0.4, 0.5) is 0 Å². The van der Waals surface area contributed by atoms with Gasteiger partial charge >= 0.3 is 0 Å². The number of carbonyl (C=O) groups excluding carboxylic acids is 1. The fraction of sp³-hybridized carbons (Fsp3) is 0.923. The first-order valence-electron chi connectivity index (χ1n) is 6.83. The van der Waals surface area contributed by atoms with Crippen LogP contribution in [0.5, 0.6) is 0 Å². The van der Waals surface area contributed by atoms with Gasteiger partial charge in [0, 0.05) is 25.0 Å². The van der Waals surface area contributed by atoms with Crippen molar-refractivity contribution < 1.29 is 4.79 Å². The van der Waals surface area contributed by atoms with Crippen LogP contribution in [0.3, 0.4) is 0 Å². The third-order valence-electron chi connectivity index (χ3n) is 4.87. The number of nitrogens with zero attached hydrogens (tertiary/aromatic N) is 1. The van der Waals surface area contributed by atoms with E-state index < -0.39 is 0 Å². The highest BCUT2D eigenvalue weighted by Crippen LogP contribution is 2.56. The van der Waals surface area contributed by atoms with Crippen LogP contribution in [-0.4, -0.2) is 29.9 Å². The summed E-state index contributed by atoms with van der Waals surface area (Å²) in [5.74, 6) is 2.29. The molecule has 1 heterocycles. The quantitative estimate of drug-likeness (QED) is 0.767. The lowest BCUT2D eigenvalue weighted by atomic mass is 10.0. The van der Waals surface area contributed by atoms with Gasteiger partial charge in [-0.15, -0.1) is 0 Å². The van der Waals surface area contributed by atoms with Gasteiger partial charge in [-0.25, -0.2) is 0 Å². The fourth-order valence-corrected chi connectivity index (χ4v) is 3.92. The minimum absolute atomic E-state index is 0.343. The summed E-state index contributed by atoms with van der Waals surface area (Å²) in [5.41, 5.74) is 5.74. The molecule has 3 aliphatic rings. The van der Waals surface area contributed by atoms with E-state index in [9.17, 15) is 4.79 Å². The van der Waals surface area contributed by atoms with Crippen LogP contribution in [0.15, 0.2) is 0 Å². The molecule has 3 nitrogen and oxygen atoms in total. The first kappa shape index (κ1) is 10.6. The molecule has 3 unspecified atom stereocenters. The smallest absolute Gasteiger partial charge is 0.226 e. The Bertz CT molecular complexity index is 280. The van der Waals surface area contributed by atoms with Gasteiger partial charge in [-0.3, -0.25) is 4.79 Å². The Kier molecular flexibility index (Phi) is 2.66. The molecule has 0 bridgehead atoms. The summed E-state index contributed by atoms with van der Waals surface area (Å²) < 4.78 is 0. The minimum atomic E-state index is 0.343. The lowest BCUT2D eigenvalue weighted by Gasteiger charge is -2.23. The van der Waals surface area contributed by atoms with Crippen molar-refractivity contribution >= 4 is 5.91 Å². The summed E-state index contributed by atoms with van der Waals surface area (Å²) in [4.78, 5) is 14.5. The Morgan fingerprint density at radius 1 is 1.12 bits per heavy atom. The van der Waals surface area contributed by atoms with Crippen molar-refractivity contribution in [1.29, 1.82) is 0 Å². The Balaban J connectivity index is 1.65. The van der Waals surface area contributed by atoms with E-state index in [2.05, 4.69) is 4.90 Å². The van der Waals surface area contributed by atoms with E-state index in [0.717, 1.165) is 31.2 Å². The molecule has 2 saturated carbocycles. The normalized spacial score (nSPS) is 41.9. The number of hydrogen-bond acceptors (Lipinski definition) is 2. The molecule has 90 valence electrons. The first-order chi connectivity index (χ1) is 7.83. The van der Waals surface area contributed by atoms with Crippen LogP contribution >= 0.6 is 0 Å². The van der Waals surface area contributed by atoms with Crippen molar-refractivity contribution in [3.05, 3.63) is 0 Å². The molecule has 0 spiro atoms. The standard InChI is InChI=1S/C13H22N2O/c14-8-9-4-3-7-15(9)13(16)12-10-5-1-2-6-11(10)12/h9-12H,1-8,14H2. The summed E-state index contributed by atoms with van der Waals surface area (Å²) in [5, 5.41) is 0. The molecule has 1 amide bonds. The SMILES string of the molecule is NCC1CCCN1C(=O)C1C2CCCCC21. The summed E-state index contributed by atoms with van der Waals surface area (Å²) in [6.45, 7) is 1.60. The molecule has 3 atom stereocenters. The molecular weight excluding hydrogens is 200 g/mol. The van der Waals surface area contributed by atoms with Crippen molar-refractivity contribution in [2.45, 2.75) is 44.6 Å². The number of rotatable bonds is 2. The van der Waals surface area contributed by atoms with Crippen molar-refractivity contribution in [3.63, 3.8) is 0 Å². The molecule has 0 radical (unpaired) electrons. The monoisotopic (exact) mass is 222 g/mol. The van der Waals surface area contributed by atoms with Crippen LogP contribution < -0.4 is 5.73 Å². The largest absolute Gasteiger partial charge is 0.338 e. The number of amides is 1. The van der Waals surface area contributed by atoms with Gasteiger partial charge in [0.1, 0.15) is 0 Å². The van der Waals surface area contributed by atoms with Crippen LogP contribution in [0.1, 0.15) is 38.5 Å². The maximum absolute atomic E-state index is 12.4. The fourth-order valence-electron chi connectivity index (χ4n) is 3.92.